The zero-order valence-electron chi connectivity index (χ0n) is 7.36. The minimum Gasteiger partial charge on any atom is -0.352 e. The molecule has 1 unspecified atom stereocenters. The highest BCUT2D eigenvalue weighted by molar-refractivity contribution is 5.20. The lowest BCUT2D eigenvalue weighted by molar-refractivity contribution is 0.665. The van der Waals surface area contributed by atoms with E-state index in [2.05, 4.69) is 20.8 Å². The molecule has 3 N–H and O–H groups in total. The molecule has 0 saturated heterocycles. The number of aryl methyl sites for hydroxylation is 1. The standard InChI is InChI=1S/C6H14N6/c1-3-5(7)4-8-6-9-10-11-12(6)2/h5H,3-4,7H2,1-2H3,(H,8,9,11). The van der Waals surface area contributed by atoms with Crippen molar-refractivity contribution in [2.75, 3.05) is 11.9 Å². The van der Waals surface area contributed by atoms with Gasteiger partial charge in [0.1, 0.15) is 0 Å². The van der Waals surface area contributed by atoms with Gasteiger partial charge in [-0.15, -0.1) is 0 Å². The average Bonchev–Trinajstić information content (AvgIpc) is 2.47. The van der Waals surface area contributed by atoms with Crippen molar-refractivity contribution in [1.82, 2.24) is 20.2 Å². The topological polar surface area (TPSA) is 81.7 Å². The molecule has 12 heavy (non-hydrogen) atoms. The molecule has 6 heteroatoms. The molecule has 0 saturated carbocycles. The Morgan fingerprint density at radius 1 is 1.67 bits per heavy atom. The van der Waals surface area contributed by atoms with Crippen LogP contribution in [0.4, 0.5) is 5.95 Å². The number of anilines is 1. The predicted molar refractivity (Wildman–Crippen MR) is 45.6 cm³/mol. The minimum absolute atomic E-state index is 0.154. The molecule has 0 aliphatic rings. The maximum atomic E-state index is 5.70. The van der Waals surface area contributed by atoms with Crippen molar-refractivity contribution >= 4 is 5.95 Å². The lowest BCUT2D eigenvalue weighted by atomic mass is 10.2. The Morgan fingerprint density at radius 3 is 2.92 bits per heavy atom. The van der Waals surface area contributed by atoms with Gasteiger partial charge in [-0.3, -0.25) is 0 Å². The molecule has 1 aromatic heterocycles. The van der Waals surface area contributed by atoms with Gasteiger partial charge in [0, 0.05) is 19.6 Å². The van der Waals surface area contributed by atoms with Crippen LogP contribution in [0.15, 0.2) is 0 Å². The summed E-state index contributed by atoms with van der Waals surface area (Å²) in [5.41, 5.74) is 5.70. The molecule has 0 spiro atoms. The Labute approximate surface area is 71.1 Å². The van der Waals surface area contributed by atoms with E-state index in [1.807, 2.05) is 6.92 Å². The summed E-state index contributed by atoms with van der Waals surface area (Å²) in [6.07, 6.45) is 0.943. The van der Waals surface area contributed by atoms with Gasteiger partial charge in [0.05, 0.1) is 0 Å². The van der Waals surface area contributed by atoms with Crippen LogP contribution in [0, 0.1) is 0 Å². The Kier molecular flexibility index (Phi) is 2.98. The highest BCUT2D eigenvalue weighted by Gasteiger charge is 2.02. The molecule has 0 fully saturated rings. The number of aromatic nitrogens is 4. The third kappa shape index (κ3) is 2.16. The molecule has 0 aromatic carbocycles. The van der Waals surface area contributed by atoms with Crippen LogP contribution in [-0.2, 0) is 7.05 Å². The van der Waals surface area contributed by atoms with E-state index in [4.69, 9.17) is 5.73 Å². The molecule has 6 nitrogen and oxygen atoms in total. The molecular formula is C6H14N6. The van der Waals surface area contributed by atoms with Crippen molar-refractivity contribution in [2.24, 2.45) is 12.8 Å². The Balaban J connectivity index is 2.38. The summed E-state index contributed by atoms with van der Waals surface area (Å²) in [4.78, 5) is 0. The zero-order valence-corrected chi connectivity index (χ0v) is 7.36. The van der Waals surface area contributed by atoms with Crippen LogP contribution in [0.3, 0.4) is 0 Å². The van der Waals surface area contributed by atoms with Crippen molar-refractivity contribution in [1.29, 1.82) is 0 Å². The predicted octanol–water partition coefficient (Wildman–Crippen LogP) is -0.641. The highest BCUT2D eigenvalue weighted by Crippen LogP contribution is 1.95. The Hall–Kier alpha value is -1.17. The second-order valence-electron chi connectivity index (χ2n) is 2.68. The number of nitrogens with one attached hydrogen (secondary N) is 1. The number of hydrogen-bond donors (Lipinski definition) is 2. The summed E-state index contributed by atoms with van der Waals surface area (Å²) in [5.74, 6) is 0.652. The Bertz CT molecular complexity index is 232. The van der Waals surface area contributed by atoms with E-state index in [0.717, 1.165) is 6.42 Å². The van der Waals surface area contributed by atoms with E-state index in [0.29, 0.717) is 12.5 Å². The lowest BCUT2D eigenvalue weighted by Gasteiger charge is -2.08. The van der Waals surface area contributed by atoms with Crippen molar-refractivity contribution in [3.05, 3.63) is 0 Å². The summed E-state index contributed by atoms with van der Waals surface area (Å²) >= 11 is 0. The monoisotopic (exact) mass is 170 g/mol. The average molecular weight is 170 g/mol. The summed E-state index contributed by atoms with van der Waals surface area (Å²) < 4.78 is 1.57. The van der Waals surface area contributed by atoms with Gasteiger partial charge in [-0.2, -0.15) is 0 Å². The SMILES string of the molecule is CCC(N)CNc1nnnn1C. The molecule has 1 rings (SSSR count). The van der Waals surface area contributed by atoms with Gasteiger partial charge in [-0.1, -0.05) is 12.0 Å². The molecule has 0 radical (unpaired) electrons. The lowest BCUT2D eigenvalue weighted by Crippen LogP contribution is -2.28. The zero-order chi connectivity index (χ0) is 8.97. The van der Waals surface area contributed by atoms with Gasteiger partial charge in [-0.05, 0) is 16.8 Å². The highest BCUT2D eigenvalue weighted by atomic mass is 15.6. The van der Waals surface area contributed by atoms with Crippen molar-refractivity contribution in [3.8, 4) is 0 Å². The summed E-state index contributed by atoms with van der Waals surface area (Å²) in [5, 5.41) is 14.0. The van der Waals surface area contributed by atoms with Crippen LogP contribution in [0.2, 0.25) is 0 Å². The van der Waals surface area contributed by atoms with E-state index in [-0.39, 0.29) is 6.04 Å². The van der Waals surface area contributed by atoms with Crippen molar-refractivity contribution < 1.29 is 0 Å². The molecule has 1 heterocycles. The van der Waals surface area contributed by atoms with Gasteiger partial charge < -0.3 is 11.1 Å². The number of hydrogen-bond acceptors (Lipinski definition) is 5. The van der Waals surface area contributed by atoms with Crippen LogP contribution in [0.5, 0.6) is 0 Å². The number of tetrazole rings is 1. The summed E-state index contributed by atoms with van der Waals surface area (Å²) in [6, 6.07) is 0.154. The van der Waals surface area contributed by atoms with E-state index in [1.165, 1.54) is 0 Å². The third-order valence-electron chi connectivity index (χ3n) is 1.67. The number of rotatable bonds is 4. The largest absolute Gasteiger partial charge is 0.352 e. The minimum atomic E-state index is 0.154. The van der Waals surface area contributed by atoms with Gasteiger partial charge >= 0.3 is 0 Å². The van der Waals surface area contributed by atoms with E-state index < -0.39 is 0 Å². The van der Waals surface area contributed by atoms with Crippen molar-refractivity contribution in [3.63, 3.8) is 0 Å². The molecule has 0 aliphatic carbocycles. The van der Waals surface area contributed by atoms with Crippen LogP contribution in [0.1, 0.15) is 13.3 Å². The molecule has 0 bridgehead atoms. The van der Waals surface area contributed by atoms with Crippen LogP contribution in [-0.4, -0.2) is 32.8 Å². The fraction of sp³-hybridized carbons (Fsp3) is 0.833. The molecule has 0 aliphatic heterocycles. The van der Waals surface area contributed by atoms with Gasteiger partial charge in [0.2, 0.25) is 5.95 Å². The first-order chi connectivity index (χ1) is 5.74. The first-order valence-corrected chi connectivity index (χ1v) is 3.95. The maximum absolute atomic E-state index is 5.70. The fourth-order valence-electron chi connectivity index (χ4n) is 0.746. The second kappa shape index (κ2) is 4.01. The van der Waals surface area contributed by atoms with E-state index >= 15 is 0 Å². The third-order valence-corrected chi connectivity index (χ3v) is 1.67. The molecule has 1 atom stereocenters. The first-order valence-electron chi connectivity index (χ1n) is 3.95. The van der Waals surface area contributed by atoms with Crippen LogP contribution in [0.25, 0.3) is 0 Å². The van der Waals surface area contributed by atoms with Gasteiger partial charge in [0.25, 0.3) is 0 Å². The van der Waals surface area contributed by atoms with Gasteiger partial charge in [0.15, 0.2) is 0 Å². The Morgan fingerprint density at radius 2 is 2.42 bits per heavy atom. The smallest absolute Gasteiger partial charge is 0.242 e. The van der Waals surface area contributed by atoms with E-state index in [9.17, 15) is 0 Å². The maximum Gasteiger partial charge on any atom is 0.242 e. The quantitative estimate of drug-likeness (QED) is 0.628. The molecule has 1 aromatic rings. The number of nitrogens with two attached hydrogens (primary N) is 1. The summed E-state index contributed by atoms with van der Waals surface area (Å²) in [7, 11) is 1.78. The number of nitrogens with zero attached hydrogens (tertiary/aromatic N) is 4. The first kappa shape index (κ1) is 8.92. The molecule has 68 valence electrons. The van der Waals surface area contributed by atoms with Crippen LogP contribution < -0.4 is 11.1 Å². The molecule has 0 amide bonds. The van der Waals surface area contributed by atoms with E-state index in [1.54, 1.807) is 11.7 Å². The van der Waals surface area contributed by atoms with Gasteiger partial charge in [-0.25, -0.2) is 4.68 Å². The molecular weight excluding hydrogens is 156 g/mol. The van der Waals surface area contributed by atoms with Crippen LogP contribution >= 0.6 is 0 Å². The fourth-order valence-corrected chi connectivity index (χ4v) is 0.746. The normalized spacial score (nSPS) is 12.9. The van der Waals surface area contributed by atoms with Crippen molar-refractivity contribution in [2.45, 2.75) is 19.4 Å². The summed E-state index contributed by atoms with van der Waals surface area (Å²) in [6.45, 7) is 2.74. The second-order valence-corrected chi connectivity index (χ2v) is 2.68.